The average molecular weight is 328 g/mol. The van der Waals surface area contributed by atoms with E-state index in [4.69, 9.17) is 9.47 Å². The Morgan fingerprint density at radius 2 is 1.88 bits per heavy atom. The summed E-state index contributed by atoms with van der Waals surface area (Å²) in [5.74, 6) is 1.41. The first-order valence-corrected chi connectivity index (χ1v) is 8.02. The molecule has 0 unspecified atom stereocenters. The second kappa shape index (κ2) is 8.91. The molecule has 0 spiro atoms. The van der Waals surface area contributed by atoms with Gasteiger partial charge in [-0.1, -0.05) is 6.07 Å². The zero-order chi connectivity index (χ0) is 17.4. The molecule has 2 rings (SSSR count). The molecule has 0 aliphatic heterocycles. The number of hydrogen-bond donors (Lipinski definition) is 0. The zero-order valence-corrected chi connectivity index (χ0v) is 14.5. The highest BCUT2D eigenvalue weighted by molar-refractivity contribution is 5.77. The fraction of sp³-hybridized carbons (Fsp3) is 0.368. The Kier molecular flexibility index (Phi) is 6.61. The van der Waals surface area contributed by atoms with Crippen molar-refractivity contribution in [2.75, 3.05) is 26.8 Å². The molecule has 2 aromatic rings. The maximum absolute atomic E-state index is 12.0. The number of carbonyl (C=O) groups excluding carboxylic acids is 1. The Hall–Kier alpha value is -2.56. The molecule has 0 bridgehead atoms. The minimum atomic E-state index is -0.0646. The van der Waals surface area contributed by atoms with Crippen LogP contribution in [0.15, 0.2) is 42.7 Å². The van der Waals surface area contributed by atoms with Crippen molar-refractivity contribution in [3.63, 3.8) is 0 Å². The van der Waals surface area contributed by atoms with Crippen LogP contribution in [-0.2, 0) is 4.79 Å². The lowest BCUT2D eigenvalue weighted by Gasteiger charge is -2.17. The van der Waals surface area contributed by atoms with Gasteiger partial charge in [0.05, 0.1) is 12.8 Å². The van der Waals surface area contributed by atoms with E-state index in [0.29, 0.717) is 18.9 Å². The van der Waals surface area contributed by atoms with Crippen molar-refractivity contribution in [1.29, 1.82) is 0 Å². The highest BCUT2D eigenvalue weighted by Crippen LogP contribution is 2.16. The van der Waals surface area contributed by atoms with E-state index in [1.54, 1.807) is 36.5 Å². The molecule has 5 nitrogen and oxygen atoms in total. The number of likely N-dealkylation sites (N-methyl/N-ethyl adjacent to an activating group) is 1. The molecule has 1 aromatic carbocycles. The van der Waals surface area contributed by atoms with Crippen LogP contribution in [-0.4, -0.2) is 42.6 Å². The predicted octanol–water partition coefficient (Wildman–Crippen LogP) is 3.00. The smallest absolute Gasteiger partial charge is 0.260 e. The summed E-state index contributed by atoms with van der Waals surface area (Å²) in [6, 6.07) is 9.70. The molecule has 128 valence electrons. The van der Waals surface area contributed by atoms with Gasteiger partial charge in [0.1, 0.15) is 11.5 Å². The van der Waals surface area contributed by atoms with Crippen molar-refractivity contribution in [3.8, 4) is 11.5 Å². The van der Waals surface area contributed by atoms with Gasteiger partial charge in [-0.25, -0.2) is 0 Å². The van der Waals surface area contributed by atoms with Gasteiger partial charge in [0, 0.05) is 19.8 Å². The molecule has 0 N–H and O–H groups in total. The summed E-state index contributed by atoms with van der Waals surface area (Å²) >= 11 is 0. The number of amides is 1. The maximum Gasteiger partial charge on any atom is 0.260 e. The van der Waals surface area contributed by atoms with Crippen molar-refractivity contribution < 1.29 is 14.3 Å². The molecule has 5 heteroatoms. The molecular weight excluding hydrogens is 304 g/mol. The van der Waals surface area contributed by atoms with Gasteiger partial charge in [-0.3, -0.25) is 9.78 Å². The molecule has 0 saturated heterocycles. The third-order valence-corrected chi connectivity index (χ3v) is 3.52. The van der Waals surface area contributed by atoms with Gasteiger partial charge in [0.15, 0.2) is 6.61 Å². The van der Waals surface area contributed by atoms with E-state index in [0.717, 1.165) is 12.2 Å². The number of nitrogens with zero attached hydrogens (tertiary/aromatic N) is 2. The highest BCUT2D eigenvalue weighted by atomic mass is 16.5. The van der Waals surface area contributed by atoms with Gasteiger partial charge in [0.25, 0.3) is 5.91 Å². The second-order valence-corrected chi connectivity index (χ2v) is 5.82. The van der Waals surface area contributed by atoms with E-state index < -0.39 is 0 Å². The monoisotopic (exact) mass is 328 g/mol. The second-order valence-electron chi connectivity index (χ2n) is 5.82. The Bertz CT molecular complexity index is 639. The number of hydrogen-bond acceptors (Lipinski definition) is 4. The molecule has 1 heterocycles. The number of carbonyl (C=O) groups is 1. The topological polar surface area (TPSA) is 51.7 Å². The summed E-state index contributed by atoms with van der Waals surface area (Å²) in [5.41, 5.74) is 2.37. The van der Waals surface area contributed by atoms with Gasteiger partial charge < -0.3 is 14.4 Å². The van der Waals surface area contributed by atoms with Gasteiger partial charge in [-0.05, 0) is 55.7 Å². The normalized spacial score (nSPS) is 10.3. The van der Waals surface area contributed by atoms with E-state index in [-0.39, 0.29) is 12.5 Å². The Labute approximate surface area is 143 Å². The molecule has 0 fully saturated rings. The summed E-state index contributed by atoms with van der Waals surface area (Å²) in [7, 11) is 1.77. The number of rotatable bonds is 8. The molecule has 1 aromatic heterocycles. The van der Waals surface area contributed by atoms with Crippen LogP contribution in [0.3, 0.4) is 0 Å². The molecule has 0 aliphatic rings. The molecule has 0 radical (unpaired) electrons. The third kappa shape index (κ3) is 5.91. The molecule has 1 amide bonds. The quantitative estimate of drug-likeness (QED) is 0.699. The van der Waals surface area contributed by atoms with Crippen molar-refractivity contribution in [2.24, 2.45) is 0 Å². The molecular formula is C19H24N2O3. The van der Waals surface area contributed by atoms with Crippen molar-refractivity contribution >= 4 is 5.91 Å². The molecule has 24 heavy (non-hydrogen) atoms. The summed E-state index contributed by atoms with van der Waals surface area (Å²) in [4.78, 5) is 17.6. The van der Waals surface area contributed by atoms with Gasteiger partial charge in [0.2, 0.25) is 0 Å². The van der Waals surface area contributed by atoms with E-state index in [1.165, 1.54) is 11.1 Å². The Morgan fingerprint density at radius 3 is 2.54 bits per heavy atom. The largest absolute Gasteiger partial charge is 0.494 e. The first kappa shape index (κ1) is 17.8. The lowest BCUT2D eigenvalue weighted by Crippen LogP contribution is -2.32. The van der Waals surface area contributed by atoms with Crippen LogP contribution in [0.5, 0.6) is 11.5 Å². The number of aryl methyl sites for hydroxylation is 2. The summed E-state index contributed by atoms with van der Waals surface area (Å²) in [5, 5.41) is 0. The van der Waals surface area contributed by atoms with E-state index in [2.05, 4.69) is 24.9 Å². The SMILES string of the molecule is Cc1cc(C)cc(OCCCN(C)C(=O)COc2cccnc2)c1. The fourth-order valence-corrected chi connectivity index (χ4v) is 2.32. The summed E-state index contributed by atoms with van der Waals surface area (Å²) in [6.45, 7) is 5.31. The number of aromatic nitrogens is 1. The van der Waals surface area contributed by atoms with Crippen LogP contribution in [0.1, 0.15) is 17.5 Å². The van der Waals surface area contributed by atoms with E-state index in [9.17, 15) is 4.79 Å². The van der Waals surface area contributed by atoms with E-state index in [1.807, 2.05) is 12.1 Å². The van der Waals surface area contributed by atoms with Crippen molar-refractivity contribution in [1.82, 2.24) is 9.88 Å². The van der Waals surface area contributed by atoms with Crippen LogP contribution >= 0.6 is 0 Å². The summed E-state index contributed by atoms with van der Waals surface area (Å²) in [6.07, 6.45) is 4.02. The Morgan fingerprint density at radius 1 is 1.12 bits per heavy atom. The predicted molar refractivity (Wildman–Crippen MR) is 93.4 cm³/mol. The van der Waals surface area contributed by atoms with E-state index >= 15 is 0 Å². The maximum atomic E-state index is 12.0. The minimum Gasteiger partial charge on any atom is -0.494 e. The molecule has 0 saturated carbocycles. The number of ether oxygens (including phenoxy) is 2. The first-order valence-electron chi connectivity index (χ1n) is 8.02. The van der Waals surface area contributed by atoms with Crippen molar-refractivity contribution in [3.05, 3.63) is 53.9 Å². The number of benzene rings is 1. The minimum absolute atomic E-state index is 0.0140. The standard InChI is InChI=1S/C19H24N2O3/c1-15-10-16(2)12-18(11-15)23-9-5-8-21(3)19(22)14-24-17-6-4-7-20-13-17/h4,6-7,10-13H,5,8-9,14H2,1-3H3. The molecule has 0 atom stereocenters. The molecule has 0 aliphatic carbocycles. The lowest BCUT2D eigenvalue weighted by molar-refractivity contribution is -0.132. The van der Waals surface area contributed by atoms with Gasteiger partial charge in [-0.2, -0.15) is 0 Å². The van der Waals surface area contributed by atoms with Gasteiger partial charge >= 0.3 is 0 Å². The highest BCUT2D eigenvalue weighted by Gasteiger charge is 2.09. The van der Waals surface area contributed by atoms with Crippen LogP contribution in [0.2, 0.25) is 0 Å². The first-order chi connectivity index (χ1) is 11.5. The Balaban J connectivity index is 1.67. The van der Waals surface area contributed by atoms with Crippen LogP contribution < -0.4 is 9.47 Å². The third-order valence-electron chi connectivity index (χ3n) is 3.52. The summed E-state index contributed by atoms with van der Waals surface area (Å²) < 4.78 is 11.2. The fourth-order valence-electron chi connectivity index (χ4n) is 2.32. The lowest BCUT2D eigenvalue weighted by atomic mass is 10.1. The van der Waals surface area contributed by atoms with Crippen molar-refractivity contribution in [2.45, 2.75) is 20.3 Å². The van der Waals surface area contributed by atoms with Crippen LogP contribution in [0.4, 0.5) is 0 Å². The zero-order valence-electron chi connectivity index (χ0n) is 14.5. The van der Waals surface area contributed by atoms with Gasteiger partial charge in [-0.15, -0.1) is 0 Å². The average Bonchev–Trinajstić information content (AvgIpc) is 2.56. The van der Waals surface area contributed by atoms with Crippen LogP contribution in [0, 0.1) is 13.8 Å². The number of pyridine rings is 1. The van der Waals surface area contributed by atoms with Crippen LogP contribution in [0.25, 0.3) is 0 Å².